The molecular weight excluding hydrogens is 222 g/mol. The summed E-state index contributed by atoms with van der Waals surface area (Å²) in [6.45, 7) is 3.92. The molecule has 0 aliphatic carbocycles. The summed E-state index contributed by atoms with van der Waals surface area (Å²) < 4.78 is 5.35. The van der Waals surface area contributed by atoms with Crippen molar-refractivity contribution in [3.63, 3.8) is 0 Å². The number of hydrogen-bond donors (Lipinski definition) is 1. The maximum atomic E-state index is 10.7. The number of nitrogens with zero attached hydrogens (tertiary/aromatic N) is 2. The van der Waals surface area contributed by atoms with E-state index in [1.807, 2.05) is 0 Å². The molecular formula is C11H17N3O3. The normalized spacial score (nSPS) is 10.2. The second kappa shape index (κ2) is 7.56. The standard InChI is InChI=1S/C11H17N3O3/c1-2-3-7-17-8-6-13-10-4-5-12-9-11(10)14(15)16/h4-5,9H,2-3,6-8H2,1H3,(H,12,13). The summed E-state index contributed by atoms with van der Waals surface area (Å²) in [5.41, 5.74) is 0.463. The van der Waals surface area contributed by atoms with Crippen molar-refractivity contribution in [1.29, 1.82) is 0 Å². The Hall–Kier alpha value is -1.69. The molecule has 0 saturated carbocycles. The zero-order valence-corrected chi connectivity index (χ0v) is 9.89. The fraction of sp³-hybridized carbons (Fsp3) is 0.545. The molecule has 1 aromatic heterocycles. The van der Waals surface area contributed by atoms with Crippen molar-refractivity contribution in [2.24, 2.45) is 0 Å². The molecule has 0 aromatic carbocycles. The molecule has 0 unspecified atom stereocenters. The van der Waals surface area contributed by atoms with Gasteiger partial charge >= 0.3 is 5.69 Å². The summed E-state index contributed by atoms with van der Waals surface area (Å²) in [5, 5.41) is 13.7. The highest BCUT2D eigenvalue weighted by Gasteiger charge is 2.11. The second-order valence-electron chi connectivity index (χ2n) is 3.54. The Morgan fingerprint density at radius 2 is 2.35 bits per heavy atom. The first kappa shape index (κ1) is 13.4. The van der Waals surface area contributed by atoms with E-state index < -0.39 is 4.92 Å². The molecule has 17 heavy (non-hydrogen) atoms. The molecule has 0 atom stereocenters. The van der Waals surface area contributed by atoms with Crippen molar-refractivity contribution in [3.8, 4) is 0 Å². The summed E-state index contributed by atoms with van der Waals surface area (Å²) in [4.78, 5) is 14.0. The maximum Gasteiger partial charge on any atom is 0.310 e. The molecule has 0 radical (unpaired) electrons. The van der Waals surface area contributed by atoms with Gasteiger partial charge in [-0.05, 0) is 12.5 Å². The van der Waals surface area contributed by atoms with Gasteiger partial charge in [0.1, 0.15) is 11.9 Å². The first-order valence-corrected chi connectivity index (χ1v) is 5.65. The number of pyridine rings is 1. The minimum Gasteiger partial charge on any atom is -0.380 e. The Bertz CT molecular complexity index is 358. The van der Waals surface area contributed by atoms with Crippen molar-refractivity contribution < 1.29 is 9.66 Å². The van der Waals surface area contributed by atoms with Crippen LogP contribution in [0, 0.1) is 10.1 Å². The van der Waals surface area contributed by atoms with E-state index in [0.717, 1.165) is 19.4 Å². The topological polar surface area (TPSA) is 77.3 Å². The van der Waals surface area contributed by atoms with Gasteiger partial charge in [-0.1, -0.05) is 13.3 Å². The Labute approximate surface area is 100 Å². The molecule has 6 heteroatoms. The average molecular weight is 239 g/mol. The lowest BCUT2D eigenvalue weighted by atomic mass is 10.3. The van der Waals surface area contributed by atoms with Crippen LogP contribution in [-0.2, 0) is 4.74 Å². The fourth-order valence-electron chi connectivity index (χ4n) is 1.29. The minimum atomic E-state index is -0.451. The molecule has 0 fully saturated rings. The third kappa shape index (κ3) is 4.78. The van der Waals surface area contributed by atoms with Gasteiger partial charge in [0.25, 0.3) is 0 Å². The highest BCUT2D eigenvalue weighted by molar-refractivity contribution is 5.59. The lowest BCUT2D eigenvalue weighted by molar-refractivity contribution is -0.384. The van der Waals surface area contributed by atoms with Gasteiger partial charge in [-0.15, -0.1) is 0 Å². The van der Waals surface area contributed by atoms with Gasteiger partial charge in [-0.2, -0.15) is 0 Å². The van der Waals surface area contributed by atoms with Gasteiger partial charge in [0.15, 0.2) is 0 Å². The van der Waals surface area contributed by atoms with Gasteiger partial charge in [0.2, 0.25) is 0 Å². The molecule has 1 heterocycles. The number of nitrogens with one attached hydrogen (secondary N) is 1. The van der Waals surface area contributed by atoms with Crippen LogP contribution in [0.1, 0.15) is 19.8 Å². The number of hydrogen-bond acceptors (Lipinski definition) is 5. The Morgan fingerprint density at radius 1 is 1.53 bits per heavy atom. The van der Waals surface area contributed by atoms with Crippen molar-refractivity contribution in [2.45, 2.75) is 19.8 Å². The smallest absolute Gasteiger partial charge is 0.310 e. The summed E-state index contributed by atoms with van der Waals surface area (Å²) in [5.74, 6) is 0. The van der Waals surface area contributed by atoms with Crippen LogP contribution in [0.2, 0.25) is 0 Å². The molecule has 0 spiro atoms. The average Bonchev–Trinajstić information content (AvgIpc) is 2.34. The van der Waals surface area contributed by atoms with E-state index in [2.05, 4.69) is 17.2 Å². The van der Waals surface area contributed by atoms with Crippen LogP contribution in [-0.4, -0.2) is 29.7 Å². The first-order chi connectivity index (χ1) is 8.25. The Morgan fingerprint density at radius 3 is 3.06 bits per heavy atom. The maximum absolute atomic E-state index is 10.7. The number of nitro groups is 1. The van der Waals surface area contributed by atoms with Gasteiger partial charge in [-0.3, -0.25) is 15.1 Å². The molecule has 1 aromatic rings. The van der Waals surface area contributed by atoms with Crippen LogP contribution in [0.15, 0.2) is 18.5 Å². The van der Waals surface area contributed by atoms with Crippen LogP contribution in [0.5, 0.6) is 0 Å². The highest BCUT2D eigenvalue weighted by atomic mass is 16.6. The molecule has 0 aliphatic rings. The minimum absolute atomic E-state index is 0.0129. The number of anilines is 1. The van der Waals surface area contributed by atoms with Gasteiger partial charge in [-0.25, -0.2) is 0 Å². The molecule has 0 saturated heterocycles. The molecule has 0 amide bonds. The summed E-state index contributed by atoms with van der Waals surface area (Å²) in [7, 11) is 0. The van der Waals surface area contributed by atoms with Gasteiger partial charge in [0.05, 0.1) is 11.5 Å². The van der Waals surface area contributed by atoms with Crippen molar-refractivity contribution in [3.05, 3.63) is 28.6 Å². The fourth-order valence-corrected chi connectivity index (χ4v) is 1.29. The summed E-state index contributed by atoms with van der Waals surface area (Å²) in [6, 6.07) is 1.59. The monoisotopic (exact) mass is 239 g/mol. The number of ether oxygens (including phenoxy) is 1. The molecule has 0 aliphatic heterocycles. The Balaban J connectivity index is 2.34. The zero-order chi connectivity index (χ0) is 12.5. The number of unbranched alkanes of at least 4 members (excludes halogenated alkanes) is 1. The first-order valence-electron chi connectivity index (χ1n) is 5.65. The molecule has 1 rings (SSSR count). The van der Waals surface area contributed by atoms with Crippen LogP contribution >= 0.6 is 0 Å². The van der Waals surface area contributed by atoms with E-state index in [1.54, 1.807) is 6.07 Å². The molecule has 1 N–H and O–H groups in total. The van der Waals surface area contributed by atoms with Gasteiger partial charge < -0.3 is 10.1 Å². The second-order valence-corrected chi connectivity index (χ2v) is 3.54. The predicted molar refractivity (Wildman–Crippen MR) is 65.1 cm³/mol. The third-order valence-corrected chi connectivity index (χ3v) is 2.20. The van der Waals surface area contributed by atoms with E-state index >= 15 is 0 Å². The van der Waals surface area contributed by atoms with Crippen LogP contribution in [0.4, 0.5) is 11.4 Å². The summed E-state index contributed by atoms with van der Waals surface area (Å²) >= 11 is 0. The predicted octanol–water partition coefficient (Wildman–Crippen LogP) is 2.22. The number of rotatable bonds is 8. The largest absolute Gasteiger partial charge is 0.380 e. The van der Waals surface area contributed by atoms with Crippen LogP contribution in [0.25, 0.3) is 0 Å². The molecule has 94 valence electrons. The van der Waals surface area contributed by atoms with Crippen molar-refractivity contribution in [2.75, 3.05) is 25.1 Å². The van der Waals surface area contributed by atoms with E-state index in [1.165, 1.54) is 12.4 Å². The van der Waals surface area contributed by atoms with Crippen LogP contribution < -0.4 is 5.32 Å². The number of aromatic nitrogens is 1. The third-order valence-electron chi connectivity index (χ3n) is 2.20. The van der Waals surface area contributed by atoms with E-state index in [4.69, 9.17) is 4.74 Å². The van der Waals surface area contributed by atoms with Crippen molar-refractivity contribution >= 4 is 11.4 Å². The SMILES string of the molecule is CCCCOCCNc1ccncc1[N+](=O)[O-]. The van der Waals surface area contributed by atoms with Crippen molar-refractivity contribution in [1.82, 2.24) is 4.98 Å². The quantitative estimate of drug-likeness (QED) is 0.427. The molecule has 0 bridgehead atoms. The van der Waals surface area contributed by atoms with Crippen LogP contribution in [0.3, 0.4) is 0 Å². The van der Waals surface area contributed by atoms with E-state index in [9.17, 15) is 10.1 Å². The van der Waals surface area contributed by atoms with E-state index in [-0.39, 0.29) is 5.69 Å². The lowest BCUT2D eigenvalue weighted by Gasteiger charge is -2.07. The zero-order valence-electron chi connectivity index (χ0n) is 9.89. The lowest BCUT2D eigenvalue weighted by Crippen LogP contribution is -2.11. The highest BCUT2D eigenvalue weighted by Crippen LogP contribution is 2.21. The molecule has 6 nitrogen and oxygen atoms in total. The van der Waals surface area contributed by atoms with Gasteiger partial charge in [0, 0.05) is 19.3 Å². The summed E-state index contributed by atoms with van der Waals surface area (Å²) in [6.07, 6.45) is 4.90. The Kier molecular flexibility index (Phi) is 5.95. The van der Waals surface area contributed by atoms with E-state index in [0.29, 0.717) is 18.8 Å².